The summed E-state index contributed by atoms with van der Waals surface area (Å²) in [7, 11) is 0. The number of hydrogen-bond donors (Lipinski definition) is 0. The molecule has 1 heterocycles. The van der Waals surface area contributed by atoms with Crippen LogP contribution in [0.5, 0.6) is 0 Å². The smallest absolute Gasteiger partial charge is 0.318 e. The third-order valence-corrected chi connectivity index (χ3v) is 1.04. The van der Waals surface area contributed by atoms with E-state index in [1.807, 2.05) is 0 Å². The van der Waals surface area contributed by atoms with Crippen LogP contribution in [0, 0.1) is 6.92 Å². The number of amides is 2. The second kappa shape index (κ2) is 1.94. The maximum atomic E-state index is 10.5. The number of aliphatic imine (C=N–C) groups is 1. The topological polar surface area (TPSA) is 32.7 Å². The molecule has 0 saturated carbocycles. The van der Waals surface area contributed by atoms with Crippen molar-refractivity contribution in [2.75, 3.05) is 13.1 Å². The highest BCUT2D eigenvalue weighted by molar-refractivity contribution is 5.90. The van der Waals surface area contributed by atoms with Gasteiger partial charge in [0.25, 0.3) is 0 Å². The molecule has 0 atom stereocenters. The molecular weight excluding hydrogens is 104 g/mol. The Morgan fingerprint density at radius 1 is 2.00 bits per heavy atom. The maximum Gasteiger partial charge on any atom is 0.343 e. The molecular formula is C5H7N2O. The third kappa shape index (κ3) is 0.710. The van der Waals surface area contributed by atoms with Crippen molar-refractivity contribution < 1.29 is 4.79 Å². The summed E-state index contributed by atoms with van der Waals surface area (Å²) in [5.74, 6) is 0. The molecule has 0 saturated heterocycles. The lowest BCUT2D eigenvalue weighted by Crippen LogP contribution is -2.23. The van der Waals surface area contributed by atoms with Crippen LogP contribution in [0.2, 0.25) is 0 Å². The van der Waals surface area contributed by atoms with Crippen molar-refractivity contribution in [2.24, 2.45) is 4.99 Å². The molecule has 0 spiro atoms. The summed E-state index contributed by atoms with van der Waals surface area (Å²) < 4.78 is 0. The minimum absolute atomic E-state index is 0.167. The van der Waals surface area contributed by atoms with Crippen molar-refractivity contribution in [3.63, 3.8) is 0 Å². The first-order chi connectivity index (χ1) is 3.84. The molecule has 3 heteroatoms. The van der Waals surface area contributed by atoms with Crippen LogP contribution >= 0.6 is 0 Å². The summed E-state index contributed by atoms with van der Waals surface area (Å²) in [4.78, 5) is 15.6. The first-order valence-electron chi connectivity index (χ1n) is 2.45. The van der Waals surface area contributed by atoms with E-state index in [2.05, 4.69) is 11.9 Å². The van der Waals surface area contributed by atoms with E-state index < -0.39 is 0 Å². The summed E-state index contributed by atoms with van der Waals surface area (Å²) in [5.41, 5.74) is 0. The lowest BCUT2D eigenvalue weighted by atomic mass is 10.6. The minimum Gasteiger partial charge on any atom is -0.318 e. The average molecular weight is 111 g/mol. The van der Waals surface area contributed by atoms with Gasteiger partial charge >= 0.3 is 6.03 Å². The molecule has 0 aromatic heterocycles. The molecule has 0 bridgehead atoms. The number of hydrogen-bond acceptors (Lipinski definition) is 1. The van der Waals surface area contributed by atoms with Crippen LogP contribution in [0.4, 0.5) is 4.79 Å². The van der Waals surface area contributed by atoms with Gasteiger partial charge in [-0.3, -0.25) is 0 Å². The summed E-state index contributed by atoms with van der Waals surface area (Å²) in [6.45, 7) is 4.68. The van der Waals surface area contributed by atoms with E-state index in [0.717, 1.165) is 0 Å². The van der Waals surface area contributed by atoms with Gasteiger partial charge in [0, 0.05) is 12.8 Å². The molecule has 0 aromatic carbocycles. The van der Waals surface area contributed by atoms with Gasteiger partial charge in [-0.15, -0.1) is 0 Å². The zero-order chi connectivity index (χ0) is 5.98. The van der Waals surface area contributed by atoms with E-state index in [4.69, 9.17) is 0 Å². The fourth-order valence-corrected chi connectivity index (χ4v) is 0.564. The van der Waals surface area contributed by atoms with Crippen molar-refractivity contribution >= 4 is 12.2 Å². The van der Waals surface area contributed by atoms with Crippen LogP contribution in [-0.2, 0) is 0 Å². The number of carbonyl (C=O) groups excluding carboxylic acids is 1. The van der Waals surface area contributed by atoms with E-state index in [0.29, 0.717) is 13.1 Å². The second-order valence-electron chi connectivity index (χ2n) is 1.54. The number of urea groups is 1. The molecule has 8 heavy (non-hydrogen) atoms. The zero-order valence-corrected chi connectivity index (χ0v) is 4.50. The van der Waals surface area contributed by atoms with Gasteiger partial charge in [-0.25, -0.2) is 9.79 Å². The van der Waals surface area contributed by atoms with Gasteiger partial charge < -0.3 is 4.90 Å². The molecule has 0 aliphatic carbocycles. The van der Waals surface area contributed by atoms with Crippen molar-refractivity contribution in [1.82, 2.24) is 4.90 Å². The van der Waals surface area contributed by atoms with E-state index in [1.165, 1.54) is 0 Å². The van der Waals surface area contributed by atoms with E-state index in [9.17, 15) is 4.79 Å². The van der Waals surface area contributed by atoms with Gasteiger partial charge in [0.1, 0.15) is 0 Å². The summed E-state index contributed by atoms with van der Waals surface area (Å²) >= 11 is 0. The Morgan fingerprint density at radius 3 is 3.00 bits per heavy atom. The predicted molar refractivity (Wildman–Crippen MR) is 30.8 cm³/mol. The molecule has 1 aliphatic rings. The molecule has 0 unspecified atom stereocenters. The van der Waals surface area contributed by atoms with Crippen molar-refractivity contribution in [3.8, 4) is 0 Å². The number of carbonyl (C=O) groups is 1. The Kier molecular flexibility index (Phi) is 1.28. The van der Waals surface area contributed by atoms with Crippen molar-refractivity contribution in [3.05, 3.63) is 6.92 Å². The highest BCUT2D eigenvalue weighted by Gasteiger charge is 2.12. The third-order valence-electron chi connectivity index (χ3n) is 1.04. The average Bonchev–Trinajstić information content (AvgIpc) is 2.14. The Morgan fingerprint density at radius 2 is 2.75 bits per heavy atom. The van der Waals surface area contributed by atoms with Crippen LogP contribution in [-0.4, -0.2) is 30.2 Å². The summed E-state index contributed by atoms with van der Waals surface area (Å²) in [5, 5.41) is 0. The van der Waals surface area contributed by atoms with E-state index in [-0.39, 0.29) is 6.03 Å². The van der Waals surface area contributed by atoms with Gasteiger partial charge in [-0.1, -0.05) is 0 Å². The van der Waals surface area contributed by atoms with Gasteiger partial charge in [0.2, 0.25) is 0 Å². The second-order valence-corrected chi connectivity index (χ2v) is 1.54. The molecule has 0 aromatic rings. The first-order valence-corrected chi connectivity index (χ1v) is 2.45. The molecule has 3 nitrogen and oxygen atoms in total. The molecule has 1 radical (unpaired) electrons. The Balaban J connectivity index is 2.51. The zero-order valence-electron chi connectivity index (χ0n) is 4.50. The fourth-order valence-electron chi connectivity index (χ4n) is 0.564. The normalized spacial score (nSPS) is 18.1. The molecule has 0 N–H and O–H groups in total. The van der Waals surface area contributed by atoms with Crippen LogP contribution in [0.15, 0.2) is 4.99 Å². The molecule has 0 fully saturated rings. The Hall–Kier alpha value is -0.860. The first kappa shape index (κ1) is 5.28. The SMILES string of the molecule is [CH2]CN1CC=NC1=O. The standard InChI is InChI=1S/C5H7N2O/c1-2-7-4-3-6-5(7)8/h3H,1-2,4H2. The predicted octanol–water partition coefficient (Wildman–Crippen LogP) is 0.327. The lowest BCUT2D eigenvalue weighted by molar-refractivity contribution is 0.224. The fraction of sp³-hybridized carbons (Fsp3) is 0.400. The van der Waals surface area contributed by atoms with Crippen LogP contribution in [0.3, 0.4) is 0 Å². The van der Waals surface area contributed by atoms with Crippen LogP contribution in [0.1, 0.15) is 0 Å². The monoisotopic (exact) mass is 111 g/mol. The highest BCUT2D eigenvalue weighted by atomic mass is 16.2. The van der Waals surface area contributed by atoms with E-state index >= 15 is 0 Å². The Bertz CT molecular complexity index is 130. The van der Waals surface area contributed by atoms with Crippen LogP contribution in [0.25, 0.3) is 0 Å². The highest BCUT2D eigenvalue weighted by Crippen LogP contribution is 1.95. The number of nitrogens with zero attached hydrogens (tertiary/aromatic N) is 2. The van der Waals surface area contributed by atoms with Gasteiger partial charge in [0.05, 0.1) is 6.54 Å². The summed E-state index contributed by atoms with van der Waals surface area (Å²) in [6.07, 6.45) is 1.59. The van der Waals surface area contributed by atoms with Crippen molar-refractivity contribution in [2.45, 2.75) is 0 Å². The maximum absolute atomic E-state index is 10.5. The van der Waals surface area contributed by atoms with E-state index in [1.54, 1.807) is 11.1 Å². The van der Waals surface area contributed by atoms with Gasteiger partial charge in [0.15, 0.2) is 0 Å². The quantitative estimate of drug-likeness (QED) is 0.479. The van der Waals surface area contributed by atoms with Gasteiger partial charge in [-0.05, 0) is 6.92 Å². The number of rotatable bonds is 1. The van der Waals surface area contributed by atoms with Gasteiger partial charge in [-0.2, -0.15) is 0 Å². The largest absolute Gasteiger partial charge is 0.343 e. The van der Waals surface area contributed by atoms with Crippen LogP contribution < -0.4 is 0 Å². The molecule has 1 aliphatic heterocycles. The molecule has 43 valence electrons. The summed E-state index contributed by atoms with van der Waals surface area (Å²) in [6, 6.07) is -0.167. The molecule has 2 amide bonds. The minimum atomic E-state index is -0.167. The Labute approximate surface area is 48.0 Å². The van der Waals surface area contributed by atoms with Crippen molar-refractivity contribution in [1.29, 1.82) is 0 Å². The lowest BCUT2D eigenvalue weighted by Gasteiger charge is -2.07. The molecule has 1 rings (SSSR count).